The molecule has 3 rings (SSSR count). The Balaban J connectivity index is 1.64. The summed E-state index contributed by atoms with van der Waals surface area (Å²) in [6.45, 7) is 5.06. The van der Waals surface area contributed by atoms with Crippen LogP contribution < -0.4 is 9.47 Å². The fraction of sp³-hybridized carbons (Fsp3) is 0.300. The van der Waals surface area contributed by atoms with E-state index in [1.165, 1.54) is 11.3 Å². The molecule has 0 aliphatic carbocycles. The Labute approximate surface area is 167 Å². The van der Waals surface area contributed by atoms with Crippen molar-refractivity contribution >= 4 is 34.0 Å². The van der Waals surface area contributed by atoms with Gasteiger partial charge in [-0.2, -0.15) is 0 Å². The Bertz CT molecular complexity index is 847. The van der Waals surface area contributed by atoms with Gasteiger partial charge in [-0.3, -0.25) is 9.79 Å². The van der Waals surface area contributed by atoms with Gasteiger partial charge in [0.15, 0.2) is 22.4 Å². The fourth-order valence-corrected chi connectivity index (χ4v) is 4.40. The van der Waals surface area contributed by atoms with E-state index >= 15 is 0 Å². The second kappa shape index (κ2) is 9.10. The molecule has 2 aromatic rings. The van der Waals surface area contributed by atoms with Crippen LogP contribution in [-0.4, -0.2) is 48.9 Å². The number of hydrogen-bond acceptors (Lipinski definition) is 6. The number of aliphatic imine (C=N–C) groups is 1. The number of thiophene rings is 1. The number of rotatable bonds is 8. The zero-order valence-electron chi connectivity index (χ0n) is 15.4. The molecule has 1 saturated heterocycles. The first-order valence-electron chi connectivity index (χ1n) is 8.52. The first kappa shape index (κ1) is 19.5. The predicted octanol–water partition coefficient (Wildman–Crippen LogP) is 4.11. The molecule has 0 unspecified atom stereocenters. The van der Waals surface area contributed by atoms with Crippen LogP contribution in [0.3, 0.4) is 0 Å². The van der Waals surface area contributed by atoms with Gasteiger partial charge in [-0.05, 0) is 35.6 Å². The summed E-state index contributed by atoms with van der Waals surface area (Å²) in [7, 11) is 3.26. The number of ketones is 1. The maximum atomic E-state index is 12.2. The van der Waals surface area contributed by atoms with Crippen molar-refractivity contribution in [2.45, 2.75) is 6.42 Å². The molecule has 1 aliphatic rings. The summed E-state index contributed by atoms with van der Waals surface area (Å²) in [5.41, 5.74) is 2.16. The summed E-state index contributed by atoms with van der Waals surface area (Å²) >= 11 is 3.08. The number of carbonyl (C=O) groups is 1. The molecule has 5 nitrogen and oxygen atoms in total. The standard InChI is InChI=1S/C20H22N2O3S2/c1-14-13-27-20(21-12-16(23)19-5-4-10-26-19)22(14)9-8-15-6-7-17(24-2)18(11-15)25-3/h4-7,10-11H,1,8-9,12-13H2,2-3H3. The van der Waals surface area contributed by atoms with Gasteiger partial charge >= 0.3 is 0 Å². The Morgan fingerprint density at radius 2 is 2.07 bits per heavy atom. The molecule has 0 bridgehead atoms. The van der Waals surface area contributed by atoms with Gasteiger partial charge in [0.25, 0.3) is 0 Å². The minimum atomic E-state index is 0.0513. The molecule has 0 radical (unpaired) electrons. The van der Waals surface area contributed by atoms with Gasteiger partial charge in [-0.1, -0.05) is 30.5 Å². The zero-order valence-corrected chi connectivity index (χ0v) is 17.1. The second-order valence-corrected chi connectivity index (χ2v) is 7.84. The van der Waals surface area contributed by atoms with E-state index in [-0.39, 0.29) is 12.3 Å². The van der Waals surface area contributed by atoms with Crippen LogP contribution in [0, 0.1) is 0 Å². The molecule has 0 atom stereocenters. The number of ether oxygens (including phenoxy) is 2. The van der Waals surface area contributed by atoms with Crippen molar-refractivity contribution in [1.29, 1.82) is 0 Å². The highest BCUT2D eigenvalue weighted by Gasteiger charge is 2.23. The SMILES string of the molecule is C=C1CSC(=NCC(=O)c2cccs2)N1CCc1ccc(OC)c(OC)c1. The number of methoxy groups -OCH3 is 2. The quantitative estimate of drug-likeness (QED) is 0.622. The number of Topliss-reactive ketones (excluding diaryl/α,β-unsaturated/α-hetero) is 1. The molecule has 1 aliphatic heterocycles. The highest BCUT2D eigenvalue weighted by molar-refractivity contribution is 8.14. The molecule has 0 spiro atoms. The highest BCUT2D eigenvalue weighted by Crippen LogP contribution is 2.29. The van der Waals surface area contributed by atoms with Crippen molar-refractivity contribution < 1.29 is 14.3 Å². The monoisotopic (exact) mass is 402 g/mol. The van der Waals surface area contributed by atoms with Gasteiger partial charge in [-0.25, -0.2) is 0 Å². The molecule has 27 heavy (non-hydrogen) atoms. The lowest BCUT2D eigenvalue weighted by atomic mass is 10.1. The lowest BCUT2D eigenvalue weighted by Crippen LogP contribution is -2.25. The Kier molecular flexibility index (Phi) is 6.58. The summed E-state index contributed by atoms with van der Waals surface area (Å²) in [6, 6.07) is 9.65. The molecular weight excluding hydrogens is 380 g/mol. The zero-order chi connectivity index (χ0) is 19.2. The molecule has 1 aromatic heterocycles. The van der Waals surface area contributed by atoms with Gasteiger partial charge < -0.3 is 14.4 Å². The number of benzene rings is 1. The predicted molar refractivity (Wildman–Crippen MR) is 113 cm³/mol. The molecule has 7 heteroatoms. The Morgan fingerprint density at radius 1 is 1.26 bits per heavy atom. The summed E-state index contributed by atoms with van der Waals surface area (Å²) in [4.78, 5) is 19.6. The molecule has 1 fully saturated rings. The minimum Gasteiger partial charge on any atom is -0.493 e. The van der Waals surface area contributed by atoms with E-state index in [1.807, 2.05) is 35.7 Å². The number of nitrogens with zero attached hydrogens (tertiary/aromatic N) is 2. The topological polar surface area (TPSA) is 51.1 Å². The van der Waals surface area contributed by atoms with E-state index in [0.29, 0.717) is 0 Å². The Hall–Kier alpha value is -2.25. The fourth-order valence-electron chi connectivity index (χ4n) is 2.76. The smallest absolute Gasteiger partial charge is 0.194 e. The molecular formula is C20H22N2O3S2. The van der Waals surface area contributed by atoms with Crippen molar-refractivity contribution in [2.75, 3.05) is 33.1 Å². The summed E-state index contributed by atoms with van der Waals surface area (Å²) in [5, 5.41) is 2.77. The van der Waals surface area contributed by atoms with Crippen molar-refractivity contribution in [3.05, 3.63) is 58.4 Å². The van der Waals surface area contributed by atoms with Crippen LogP contribution >= 0.6 is 23.1 Å². The number of thioether (sulfide) groups is 1. The number of carbonyl (C=O) groups excluding carboxylic acids is 1. The summed E-state index contributed by atoms with van der Waals surface area (Å²) in [6.07, 6.45) is 0.817. The van der Waals surface area contributed by atoms with Crippen molar-refractivity contribution in [3.63, 3.8) is 0 Å². The van der Waals surface area contributed by atoms with Crippen molar-refractivity contribution in [2.24, 2.45) is 4.99 Å². The molecule has 142 valence electrons. The van der Waals surface area contributed by atoms with Crippen LogP contribution in [-0.2, 0) is 6.42 Å². The van der Waals surface area contributed by atoms with Gasteiger partial charge in [0.05, 0.1) is 19.1 Å². The molecule has 0 saturated carbocycles. The normalized spacial score (nSPS) is 15.4. The summed E-state index contributed by atoms with van der Waals surface area (Å²) in [5.74, 6) is 2.30. The number of amidine groups is 1. The maximum absolute atomic E-state index is 12.2. The largest absolute Gasteiger partial charge is 0.493 e. The lowest BCUT2D eigenvalue weighted by Gasteiger charge is -2.19. The number of hydrogen-bond donors (Lipinski definition) is 0. The average molecular weight is 403 g/mol. The second-order valence-electron chi connectivity index (χ2n) is 5.95. The van der Waals surface area contributed by atoms with E-state index in [1.54, 1.807) is 26.0 Å². The van der Waals surface area contributed by atoms with Crippen LogP contribution in [0.15, 0.2) is 53.0 Å². The lowest BCUT2D eigenvalue weighted by molar-refractivity contribution is 0.101. The van der Waals surface area contributed by atoms with Crippen molar-refractivity contribution in [1.82, 2.24) is 4.90 Å². The van der Waals surface area contributed by atoms with E-state index in [2.05, 4.69) is 16.5 Å². The van der Waals surface area contributed by atoms with E-state index in [4.69, 9.17) is 9.47 Å². The van der Waals surface area contributed by atoms with E-state index < -0.39 is 0 Å². The van der Waals surface area contributed by atoms with Gasteiger partial charge in [0.2, 0.25) is 0 Å². The minimum absolute atomic E-state index is 0.0513. The van der Waals surface area contributed by atoms with E-state index in [0.717, 1.165) is 51.5 Å². The third-order valence-electron chi connectivity index (χ3n) is 4.21. The molecule has 0 amide bonds. The van der Waals surface area contributed by atoms with Crippen LogP contribution in [0.2, 0.25) is 0 Å². The van der Waals surface area contributed by atoms with Crippen LogP contribution in [0.4, 0.5) is 0 Å². The Morgan fingerprint density at radius 3 is 2.78 bits per heavy atom. The van der Waals surface area contributed by atoms with Gasteiger partial charge in [0, 0.05) is 18.0 Å². The molecule has 2 heterocycles. The maximum Gasteiger partial charge on any atom is 0.194 e. The first-order valence-corrected chi connectivity index (χ1v) is 10.4. The third kappa shape index (κ3) is 4.73. The summed E-state index contributed by atoms with van der Waals surface area (Å²) < 4.78 is 10.7. The van der Waals surface area contributed by atoms with Gasteiger partial charge in [-0.15, -0.1) is 11.3 Å². The average Bonchev–Trinajstić information content (AvgIpc) is 3.34. The first-order chi connectivity index (χ1) is 13.1. The van der Waals surface area contributed by atoms with Gasteiger partial charge in [0.1, 0.15) is 6.54 Å². The molecule has 0 N–H and O–H groups in total. The molecule has 1 aromatic carbocycles. The van der Waals surface area contributed by atoms with Crippen LogP contribution in [0.1, 0.15) is 15.2 Å². The van der Waals surface area contributed by atoms with Crippen molar-refractivity contribution in [3.8, 4) is 11.5 Å². The highest BCUT2D eigenvalue weighted by atomic mass is 32.2. The third-order valence-corrected chi connectivity index (χ3v) is 6.20. The van der Waals surface area contributed by atoms with Crippen LogP contribution in [0.25, 0.3) is 0 Å². The van der Waals surface area contributed by atoms with E-state index in [9.17, 15) is 4.79 Å². The van der Waals surface area contributed by atoms with Crippen LogP contribution in [0.5, 0.6) is 11.5 Å².